The molecule has 0 fully saturated rings. The maximum Gasteiger partial charge on any atom is 0.326 e. The molecule has 1 heterocycles. The molecule has 19 heavy (non-hydrogen) atoms. The largest absolute Gasteiger partial charge is 0.480 e. The van der Waals surface area contributed by atoms with Crippen LogP contribution in [-0.2, 0) is 22.7 Å². The van der Waals surface area contributed by atoms with Crippen LogP contribution in [0, 0.1) is 5.92 Å². The predicted molar refractivity (Wildman–Crippen MR) is 66.9 cm³/mol. The molecule has 1 amide bonds. The van der Waals surface area contributed by atoms with Crippen molar-refractivity contribution in [2.45, 2.75) is 39.4 Å². The third-order valence-corrected chi connectivity index (χ3v) is 2.90. The molecule has 0 radical (unpaired) electrons. The van der Waals surface area contributed by atoms with Gasteiger partial charge in [0.25, 0.3) is 0 Å². The molecule has 1 aromatic rings. The molecule has 0 aliphatic carbocycles. The second kappa shape index (κ2) is 6.83. The molecule has 4 N–H and O–H groups in total. The Bertz CT molecular complexity index is 445. The van der Waals surface area contributed by atoms with Gasteiger partial charge in [-0.05, 0) is 5.92 Å². The van der Waals surface area contributed by atoms with Gasteiger partial charge in [-0.3, -0.25) is 4.79 Å². The second-order valence-corrected chi connectivity index (χ2v) is 4.38. The molecular formula is C11H19N5O3. The number of carboxylic acid groups (broad SMARTS) is 1. The molecule has 0 spiro atoms. The van der Waals surface area contributed by atoms with E-state index in [9.17, 15) is 9.59 Å². The Morgan fingerprint density at radius 1 is 1.58 bits per heavy atom. The second-order valence-electron chi connectivity index (χ2n) is 4.38. The van der Waals surface area contributed by atoms with Gasteiger partial charge in [0.1, 0.15) is 12.6 Å². The summed E-state index contributed by atoms with van der Waals surface area (Å²) >= 11 is 0. The van der Waals surface area contributed by atoms with Crippen LogP contribution < -0.4 is 11.1 Å². The number of amides is 1. The first-order chi connectivity index (χ1) is 8.97. The fraction of sp³-hybridized carbons (Fsp3) is 0.636. The first-order valence-electron chi connectivity index (χ1n) is 6.09. The zero-order valence-corrected chi connectivity index (χ0v) is 11.0. The predicted octanol–water partition coefficient (Wildman–Crippen LogP) is -0.648. The molecule has 0 bridgehead atoms. The highest BCUT2D eigenvalue weighted by Gasteiger charge is 2.25. The standard InChI is InChI=1S/C11H19N5O3/c1-3-7(2)10(11(18)19)13-9(17)6-16-5-8(4-12)14-15-16/h5,7,10H,3-4,6,12H2,1-2H3,(H,13,17)(H,18,19)/t7-,10-/m0/s1. The fourth-order valence-electron chi connectivity index (χ4n) is 1.56. The lowest BCUT2D eigenvalue weighted by Gasteiger charge is -2.19. The summed E-state index contributed by atoms with van der Waals surface area (Å²) < 4.78 is 1.33. The maximum atomic E-state index is 11.8. The van der Waals surface area contributed by atoms with Crippen molar-refractivity contribution in [3.8, 4) is 0 Å². The van der Waals surface area contributed by atoms with Crippen LogP contribution in [0.25, 0.3) is 0 Å². The Morgan fingerprint density at radius 2 is 2.26 bits per heavy atom. The summed E-state index contributed by atoms with van der Waals surface area (Å²) in [6.45, 7) is 3.82. The van der Waals surface area contributed by atoms with E-state index in [4.69, 9.17) is 10.8 Å². The average Bonchev–Trinajstić information content (AvgIpc) is 2.82. The minimum atomic E-state index is -1.04. The Labute approximate surface area is 111 Å². The number of nitrogens with zero attached hydrogens (tertiary/aromatic N) is 3. The van der Waals surface area contributed by atoms with Crippen LogP contribution in [0.5, 0.6) is 0 Å². The van der Waals surface area contributed by atoms with E-state index < -0.39 is 17.9 Å². The van der Waals surface area contributed by atoms with Crippen molar-refractivity contribution >= 4 is 11.9 Å². The number of aliphatic carboxylic acids is 1. The van der Waals surface area contributed by atoms with Crippen molar-refractivity contribution in [3.05, 3.63) is 11.9 Å². The number of rotatable bonds is 7. The highest BCUT2D eigenvalue weighted by atomic mass is 16.4. The highest BCUT2D eigenvalue weighted by molar-refractivity contribution is 5.83. The minimum absolute atomic E-state index is 0.0762. The number of aromatic nitrogens is 3. The SMILES string of the molecule is CC[C@H](C)[C@H](NC(=O)Cn1cc(CN)nn1)C(=O)O. The van der Waals surface area contributed by atoms with Gasteiger partial charge in [-0.25, -0.2) is 9.48 Å². The number of nitrogens with two attached hydrogens (primary N) is 1. The molecule has 0 aliphatic rings. The average molecular weight is 269 g/mol. The quantitative estimate of drug-likeness (QED) is 0.604. The normalized spacial score (nSPS) is 13.8. The molecule has 0 unspecified atom stereocenters. The van der Waals surface area contributed by atoms with Crippen LogP contribution in [0.2, 0.25) is 0 Å². The molecule has 8 nitrogen and oxygen atoms in total. The Morgan fingerprint density at radius 3 is 2.74 bits per heavy atom. The Hall–Kier alpha value is -1.96. The van der Waals surface area contributed by atoms with E-state index in [-0.39, 0.29) is 19.0 Å². The molecule has 1 rings (SSSR count). The van der Waals surface area contributed by atoms with E-state index in [1.165, 1.54) is 4.68 Å². The third-order valence-electron chi connectivity index (χ3n) is 2.90. The van der Waals surface area contributed by atoms with Gasteiger partial charge in [-0.15, -0.1) is 5.10 Å². The summed E-state index contributed by atoms with van der Waals surface area (Å²) in [4.78, 5) is 22.8. The number of carbonyl (C=O) groups excluding carboxylic acids is 1. The van der Waals surface area contributed by atoms with Crippen molar-refractivity contribution in [2.24, 2.45) is 11.7 Å². The van der Waals surface area contributed by atoms with Gasteiger partial charge in [-0.2, -0.15) is 0 Å². The number of carboxylic acids is 1. The van der Waals surface area contributed by atoms with Crippen LogP contribution in [0.3, 0.4) is 0 Å². The van der Waals surface area contributed by atoms with E-state index in [1.807, 2.05) is 6.92 Å². The molecule has 1 aromatic heterocycles. The molecule has 0 saturated carbocycles. The van der Waals surface area contributed by atoms with Gasteiger partial charge < -0.3 is 16.2 Å². The summed E-state index contributed by atoms with van der Waals surface area (Å²) in [7, 11) is 0. The zero-order chi connectivity index (χ0) is 14.4. The molecule has 0 aliphatic heterocycles. The van der Waals surface area contributed by atoms with Crippen molar-refractivity contribution in [1.29, 1.82) is 0 Å². The van der Waals surface area contributed by atoms with E-state index in [0.717, 1.165) is 0 Å². The lowest BCUT2D eigenvalue weighted by molar-refractivity contribution is -0.143. The van der Waals surface area contributed by atoms with Crippen LogP contribution in [0.1, 0.15) is 26.0 Å². The number of hydrogen-bond donors (Lipinski definition) is 3. The summed E-state index contributed by atoms with van der Waals surface area (Å²) in [5.41, 5.74) is 5.95. The number of nitrogens with one attached hydrogen (secondary N) is 1. The Balaban J connectivity index is 2.60. The zero-order valence-electron chi connectivity index (χ0n) is 11.0. The third kappa shape index (κ3) is 4.32. The topological polar surface area (TPSA) is 123 Å². The van der Waals surface area contributed by atoms with Crippen molar-refractivity contribution in [3.63, 3.8) is 0 Å². The van der Waals surface area contributed by atoms with Gasteiger partial charge in [0, 0.05) is 6.54 Å². The summed E-state index contributed by atoms with van der Waals surface area (Å²) in [6, 6.07) is -0.894. The number of hydrogen-bond acceptors (Lipinski definition) is 5. The minimum Gasteiger partial charge on any atom is -0.480 e. The van der Waals surface area contributed by atoms with E-state index in [1.54, 1.807) is 13.1 Å². The van der Waals surface area contributed by atoms with Gasteiger partial charge in [0.05, 0.1) is 11.9 Å². The molecule has 2 atom stereocenters. The fourth-order valence-corrected chi connectivity index (χ4v) is 1.56. The molecule has 8 heteroatoms. The summed E-state index contributed by atoms with van der Waals surface area (Å²) in [5.74, 6) is -1.60. The van der Waals surface area contributed by atoms with Crippen LogP contribution >= 0.6 is 0 Å². The summed E-state index contributed by atoms with van der Waals surface area (Å²) in [5, 5.41) is 19.0. The van der Waals surface area contributed by atoms with Gasteiger partial charge in [-0.1, -0.05) is 25.5 Å². The lowest BCUT2D eigenvalue weighted by Crippen LogP contribution is -2.46. The van der Waals surface area contributed by atoms with E-state index in [2.05, 4.69) is 15.6 Å². The van der Waals surface area contributed by atoms with Crippen molar-refractivity contribution in [2.75, 3.05) is 0 Å². The smallest absolute Gasteiger partial charge is 0.326 e. The van der Waals surface area contributed by atoms with E-state index in [0.29, 0.717) is 12.1 Å². The van der Waals surface area contributed by atoms with Crippen LogP contribution in [-0.4, -0.2) is 38.0 Å². The number of carbonyl (C=O) groups is 2. The molecule has 0 aromatic carbocycles. The lowest BCUT2D eigenvalue weighted by atomic mass is 9.99. The first kappa shape index (κ1) is 15.1. The van der Waals surface area contributed by atoms with Crippen molar-refractivity contribution in [1.82, 2.24) is 20.3 Å². The van der Waals surface area contributed by atoms with Gasteiger partial charge in [0.15, 0.2) is 0 Å². The van der Waals surface area contributed by atoms with E-state index >= 15 is 0 Å². The maximum absolute atomic E-state index is 11.8. The van der Waals surface area contributed by atoms with Crippen LogP contribution in [0.15, 0.2) is 6.20 Å². The molecule has 0 saturated heterocycles. The monoisotopic (exact) mass is 269 g/mol. The first-order valence-corrected chi connectivity index (χ1v) is 6.09. The van der Waals surface area contributed by atoms with Crippen LogP contribution in [0.4, 0.5) is 0 Å². The van der Waals surface area contributed by atoms with Crippen molar-refractivity contribution < 1.29 is 14.7 Å². The molecule has 106 valence electrons. The highest BCUT2D eigenvalue weighted by Crippen LogP contribution is 2.07. The summed E-state index contributed by atoms with van der Waals surface area (Å²) in [6.07, 6.45) is 2.22. The Kier molecular flexibility index (Phi) is 5.43. The van der Waals surface area contributed by atoms with Gasteiger partial charge >= 0.3 is 5.97 Å². The molecular weight excluding hydrogens is 250 g/mol. The van der Waals surface area contributed by atoms with Gasteiger partial charge in [0.2, 0.25) is 5.91 Å².